The Kier molecular flexibility index (Phi) is 19.2. The van der Waals surface area contributed by atoms with E-state index in [0.717, 1.165) is 51.0 Å². The molecule has 0 bridgehead atoms. The van der Waals surface area contributed by atoms with Gasteiger partial charge < -0.3 is 9.91 Å². The second-order valence-corrected chi connectivity index (χ2v) is 16.1. The maximum atomic E-state index is 4.70. The normalized spacial score (nSPS) is 11.3. The molecule has 9 aromatic carbocycles. The molecule has 0 unspecified atom stereocenters. The molecule has 1 aliphatic heterocycles. The number of hydrogen-bond donors (Lipinski definition) is 0. The molecule has 12 rings (SSSR count). The molecule has 9 nitrogen and oxygen atoms in total. The molecule has 3 heterocycles. The quantitative estimate of drug-likeness (QED) is 0.134. The van der Waals surface area contributed by atoms with Gasteiger partial charge in [-0.05, 0) is 51.8 Å². The summed E-state index contributed by atoms with van der Waals surface area (Å²) in [6.45, 7) is 1.96. The van der Waals surface area contributed by atoms with E-state index < -0.39 is 0 Å². The number of anilines is 1. The van der Waals surface area contributed by atoms with Gasteiger partial charge in [0.1, 0.15) is 17.2 Å². The Morgan fingerprint density at radius 1 is 0.397 bits per heavy atom. The van der Waals surface area contributed by atoms with Crippen molar-refractivity contribution in [3.63, 3.8) is 0 Å². The number of nitrogens with zero attached hydrogens (tertiary/aromatic N) is 9. The molecule has 0 atom stereocenters. The molecular formula is C61H45Ir3N9-4. The third-order valence-corrected chi connectivity index (χ3v) is 11.4. The van der Waals surface area contributed by atoms with Crippen LogP contribution < -0.4 is 5.01 Å². The molecule has 365 valence electrons. The van der Waals surface area contributed by atoms with E-state index in [1.807, 2.05) is 145 Å². The second-order valence-electron chi connectivity index (χ2n) is 16.1. The standard InChI is InChI=1S/C21H17N3.2C20H14N3.3Ir/c1-23-16-24(20-10-6-3-7-11-20)22-21(23)19-14-12-18(13-15-19)17-8-4-2-5-9-17;1-3-7-16(8-4-1)17-11-13-18(14-12-17)20-15-23(22-21-20)19-9-5-2-6-10-19;1-3-7-16(8-4-1)17-11-13-18(14-12-17)20-15-21-23(22-20)19-9-5-2-6-10-19;;;/h2-10,12-16H,1H3;2*1-9,11-15H;;;/q-2;2*-1;;;. The van der Waals surface area contributed by atoms with Crippen molar-refractivity contribution >= 4 is 11.5 Å². The van der Waals surface area contributed by atoms with Crippen LogP contribution in [-0.2, 0) is 60.3 Å². The van der Waals surface area contributed by atoms with Crippen LogP contribution in [0, 0.1) is 24.9 Å². The average Bonchev–Trinajstić information content (AvgIpc) is 4.25. The molecule has 3 radical (unpaired) electrons. The van der Waals surface area contributed by atoms with Crippen molar-refractivity contribution in [3.05, 3.63) is 279 Å². The van der Waals surface area contributed by atoms with Crippen LogP contribution in [0.1, 0.15) is 5.56 Å². The van der Waals surface area contributed by atoms with E-state index in [9.17, 15) is 0 Å². The summed E-state index contributed by atoms with van der Waals surface area (Å²) in [5, 5.41) is 23.8. The molecule has 0 saturated heterocycles. The predicted octanol–water partition coefficient (Wildman–Crippen LogP) is 13.2. The summed E-state index contributed by atoms with van der Waals surface area (Å²) in [4.78, 5) is 3.62. The number of aromatic nitrogens is 6. The Morgan fingerprint density at radius 3 is 1.26 bits per heavy atom. The molecule has 0 aliphatic carbocycles. The zero-order valence-corrected chi connectivity index (χ0v) is 46.5. The Balaban J connectivity index is 0.000000157. The maximum Gasteiger partial charge on any atom is 0.125 e. The fraction of sp³-hybridized carbons (Fsp3) is 0.0164. The summed E-state index contributed by atoms with van der Waals surface area (Å²) in [5.74, 6) is 0.923. The van der Waals surface area contributed by atoms with Crippen molar-refractivity contribution in [1.29, 1.82) is 0 Å². The van der Waals surface area contributed by atoms with Crippen LogP contribution >= 0.6 is 0 Å². The van der Waals surface area contributed by atoms with E-state index in [0.29, 0.717) is 0 Å². The summed E-state index contributed by atoms with van der Waals surface area (Å²) in [6, 6.07) is 89.0. The molecular weight excluding hydrogens is 1440 g/mol. The first-order chi connectivity index (χ1) is 34.6. The number of hydrogen-bond acceptors (Lipinski definition) is 7. The van der Waals surface area contributed by atoms with Crippen LogP contribution in [0.2, 0.25) is 0 Å². The molecule has 0 N–H and O–H groups in total. The third kappa shape index (κ3) is 13.5. The first-order valence-corrected chi connectivity index (χ1v) is 22.8. The van der Waals surface area contributed by atoms with Gasteiger partial charge >= 0.3 is 0 Å². The molecule has 2 aromatic heterocycles. The fourth-order valence-electron chi connectivity index (χ4n) is 7.75. The maximum absolute atomic E-state index is 4.70. The van der Waals surface area contributed by atoms with Gasteiger partial charge in [-0.1, -0.05) is 175 Å². The smallest absolute Gasteiger partial charge is 0.125 e. The van der Waals surface area contributed by atoms with Crippen molar-refractivity contribution in [2.24, 2.45) is 5.10 Å². The molecule has 11 aromatic rings. The molecule has 0 spiro atoms. The number of amidine groups is 1. The van der Waals surface area contributed by atoms with E-state index >= 15 is 0 Å². The fourth-order valence-corrected chi connectivity index (χ4v) is 7.75. The monoisotopic (exact) mass is 1480 g/mol. The molecule has 0 fully saturated rings. The van der Waals surface area contributed by atoms with Crippen molar-refractivity contribution in [2.45, 2.75) is 0 Å². The number of benzene rings is 9. The van der Waals surface area contributed by atoms with Gasteiger partial charge in [0.15, 0.2) is 0 Å². The minimum absolute atomic E-state index is 0. The molecule has 73 heavy (non-hydrogen) atoms. The van der Waals surface area contributed by atoms with E-state index in [1.54, 1.807) is 15.7 Å². The minimum atomic E-state index is 0. The van der Waals surface area contributed by atoms with E-state index in [2.05, 4.69) is 160 Å². The third-order valence-electron chi connectivity index (χ3n) is 11.4. The SMILES string of the molecule is CN1[CH-]N(c2[c-]cccc2)N=C1c1ccc(-c2ccccc2)cc1.[Ir].[Ir].[Ir].[c-]1ccccc1-n1cc(-c2ccc(-c3ccccc3)cc2)nn1.[c-]1ccccc1-n1ncc(-c2ccc(-c3ccccc3)cc2)n1. The van der Waals surface area contributed by atoms with Gasteiger partial charge in [0.25, 0.3) is 0 Å². The van der Waals surface area contributed by atoms with Crippen molar-refractivity contribution in [1.82, 2.24) is 34.9 Å². The van der Waals surface area contributed by atoms with Gasteiger partial charge in [0.05, 0.1) is 12.4 Å². The van der Waals surface area contributed by atoms with Crippen LogP contribution in [0.15, 0.2) is 254 Å². The number of para-hydroxylation sites is 3. The molecule has 0 saturated carbocycles. The van der Waals surface area contributed by atoms with Gasteiger partial charge in [-0.15, -0.1) is 30.0 Å². The van der Waals surface area contributed by atoms with Gasteiger partial charge in [0.2, 0.25) is 0 Å². The molecule has 12 heteroatoms. The van der Waals surface area contributed by atoms with Gasteiger partial charge in [-0.25, -0.2) is 4.68 Å². The Labute approximate surface area is 467 Å². The first kappa shape index (κ1) is 53.3. The molecule has 0 amide bonds. The largest absolute Gasteiger partial charge is 0.487 e. The number of hydrazone groups is 1. The Morgan fingerprint density at radius 2 is 0.795 bits per heavy atom. The zero-order chi connectivity index (χ0) is 47.3. The van der Waals surface area contributed by atoms with E-state index in [4.69, 9.17) is 5.10 Å². The van der Waals surface area contributed by atoms with Crippen LogP contribution in [0.25, 0.3) is 67.3 Å². The van der Waals surface area contributed by atoms with Crippen LogP contribution in [0.4, 0.5) is 5.69 Å². The van der Waals surface area contributed by atoms with E-state index in [1.165, 1.54) is 33.4 Å². The van der Waals surface area contributed by atoms with Crippen molar-refractivity contribution < 1.29 is 60.3 Å². The summed E-state index contributed by atoms with van der Waals surface area (Å²) >= 11 is 0. The van der Waals surface area contributed by atoms with Gasteiger partial charge in [0, 0.05) is 77.0 Å². The Hall–Kier alpha value is -7.52. The predicted molar refractivity (Wildman–Crippen MR) is 280 cm³/mol. The summed E-state index contributed by atoms with van der Waals surface area (Å²) < 4.78 is 1.74. The topological polar surface area (TPSA) is 80.3 Å². The van der Waals surface area contributed by atoms with Crippen LogP contribution in [-0.4, -0.2) is 47.8 Å². The van der Waals surface area contributed by atoms with Gasteiger partial charge in [-0.3, -0.25) is 0 Å². The van der Waals surface area contributed by atoms with Crippen LogP contribution in [0.5, 0.6) is 0 Å². The Bertz CT molecular complexity index is 3220. The van der Waals surface area contributed by atoms with Crippen LogP contribution in [0.3, 0.4) is 0 Å². The van der Waals surface area contributed by atoms with Crippen molar-refractivity contribution in [3.8, 4) is 67.3 Å². The second kappa shape index (κ2) is 26.3. The van der Waals surface area contributed by atoms with Gasteiger partial charge in [-0.2, -0.15) is 92.9 Å². The average molecular weight is 1480 g/mol. The summed E-state index contributed by atoms with van der Waals surface area (Å²) in [7, 11) is 2.01. The summed E-state index contributed by atoms with van der Waals surface area (Å²) in [5.41, 5.74) is 14.8. The summed E-state index contributed by atoms with van der Waals surface area (Å²) in [6.07, 6.45) is 3.70. The number of rotatable bonds is 9. The first-order valence-electron chi connectivity index (χ1n) is 22.8. The zero-order valence-electron chi connectivity index (χ0n) is 39.3. The minimum Gasteiger partial charge on any atom is -0.487 e. The van der Waals surface area contributed by atoms with E-state index in [-0.39, 0.29) is 60.3 Å². The molecule has 1 aliphatic rings. The van der Waals surface area contributed by atoms with Crippen molar-refractivity contribution in [2.75, 3.05) is 12.1 Å².